The second kappa shape index (κ2) is 8.07. The van der Waals surface area contributed by atoms with Crippen molar-refractivity contribution in [2.24, 2.45) is 0 Å². The number of rotatable bonds is 6. The number of carbonyl (C=O) groups is 2. The second-order valence-electron chi connectivity index (χ2n) is 6.34. The van der Waals surface area contributed by atoms with Crippen LogP contribution >= 0.6 is 11.3 Å². The van der Waals surface area contributed by atoms with Crippen LogP contribution in [0.1, 0.15) is 12.5 Å². The van der Waals surface area contributed by atoms with E-state index in [0.717, 1.165) is 15.8 Å². The summed E-state index contributed by atoms with van der Waals surface area (Å²) in [5.74, 6) is -2.19. The van der Waals surface area contributed by atoms with Crippen LogP contribution in [0.4, 0.5) is 10.8 Å². The van der Waals surface area contributed by atoms with Crippen molar-refractivity contribution in [2.45, 2.75) is 19.1 Å². The molecule has 3 aromatic rings. The molecule has 0 radical (unpaired) electrons. The van der Waals surface area contributed by atoms with E-state index in [1.807, 2.05) is 31.2 Å². The molecule has 1 unspecified atom stereocenters. The summed E-state index contributed by atoms with van der Waals surface area (Å²) in [5.41, 5.74) is 2.16. The molecule has 0 aliphatic carbocycles. The van der Waals surface area contributed by atoms with E-state index in [-0.39, 0.29) is 0 Å². The number of thiazole rings is 1. The number of amides is 2. The van der Waals surface area contributed by atoms with Gasteiger partial charge < -0.3 is 10.6 Å². The number of anilines is 2. The van der Waals surface area contributed by atoms with Gasteiger partial charge in [0.2, 0.25) is 11.8 Å². The zero-order valence-electron chi connectivity index (χ0n) is 15.3. The lowest BCUT2D eigenvalue weighted by Gasteiger charge is -2.12. The molecule has 0 saturated carbocycles. The number of benzene rings is 2. The van der Waals surface area contributed by atoms with Gasteiger partial charge in [-0.25, -0.2) is 13.4 Å². The minimum Gasteiger partial charge on any atom is -0.325 e. The van der Waals surface area contributed by atoms with Crippen LogP contribution < -0.4 is 10.6 Å². The Morgan fingerprint density at radius 2 is 1.86 bits per heavy atom. The van der Waals surface area contributed by atoms with Crippen LogP contribution in [0.2, 0.25) is 0 Å². The fourth-order valence-electron chi connectivity index (χ4n) is 2.52. The molecule has 1 aromatic heterocycles. The summed E-state index contributed by atoms with van der Waals surface area (Å²) in [6, 6.07) is 14.4. The van der Waals surface area contributed by atoms with E-state index in [1.54, 1.807) is 24.3 Å². The zero-order valence-corrected chi connectivity index (χ0v) is 16.9. The van der Waals surface area contributed by atoms with Crippen LogP contribution in [0.25, 0.3) is 10.2 Å². The first-order valence-corrected chi connectivity index (χ1v) is 11.0. The van der Waals surface area contributed by atoms with Crippen molar-refractivity contribution in [1.82, 2.24) is 4.98 Å². The Kier molecular flexibility index (Phi) is 5.76. The van der Waals surface area contributed by atoms with Gasteiger partial charge in [0.1, 0.15) is 11.0 Å². The van der Waals surface area contributed by atoms with Crippen molar-refractivity contribution in [2.75, 3.05) is 16.4 Å². The van der Waals surface area contributed by atoms with Gasteiger partial charge in [-0.1, -0.05) is 35.6 Å². The SMILES string of the molecule is Cc1cccc(NC(=O)CS(=O)(=O)C(C)C(=O)Nc2nc3ccccc3s2)c1. The number of hydrogen-bond donors (Lipinski definition) is 2. The van der Waals surface area contributed by atoms with Crippen molar-refractivity contribution < 1.29 is 18.0 Å². The Labute approximate surface area is 166 Å². The molecule has 0 spiro atoms. The lowest BCUT2D eigenvalue weighted by Crippen LogP contribution is -2.37. The Morgan fingerprint density at radius 3 is 2.57 bits per heavy atom. The first-order valence-electron chi connectivity index (χ1n) is 8.49. The van der Waals surface area contributed by atoms with E-state index in [4.69, 9.17) is 0 Å². The van der Waals surface area contributed by atoms with Crippen molar-refractivity contribution >= 4 is 54.0 Å². The largest absolute Gasteiger partial charge is 0.325 e. The maximum Gasteiger partial charge on any atom is 0.244 e. The van der Waals surface area contributed by atoms with Gasteiger partial charge in [0.05, 0.1) is 10.2 Å². The molecule has 0 bridgehead atoms. The van der Waals surface area contributed by atoms with Crippen LogP contribution in [0.5, 0.6) is 0 Å². The highest BCUT2D eigenvalue weighted by atomic mass is 32.2. The van der Waals surface area contributed by atoms with Gasteiger partial charge >= 0.3 is 0 Å². The molecule has 0 fully saturated rings. The van der Waals surface area contributed by atoms with Crippen LogP contribution in [0.3, 0.4) is 0 Å². The van der Waals surface area contributed by atoms with E-state index in [9.17, 15) is 18.0 Å². The summed E-state index contributed by atoms with van der Waals surface area (Å²) in [6.45, 7) is 3.12. The summed E-state index contributed by atoms with van der Waals surface area (Å²) in [5, 5.41) is 4.00. The first kappa shape index (κ1) is 20.0. The van der Waals surface area contributed by atoms with E-state index >= 15 is 0 Å². The molecule has 7 nitrogen and oxygen atoms in total. The number of carbonyl (C=O) groups excluding carboxylic acids is 2. The Morgan fingerprint density at radius 1 is 1.11 bits per heavy atom. The van der Waals surface area contributed by atoms with Crippen LogP contribution in [-0.2, 0) is 19.4 Å². The normalized spacial score (nSPS) is 12.5. The van der Waals surface area contributed by atoms with Gasteiger partial charge in [-0.05, 0) is 43.7 Å². The number of sulfone groups is 1. The first-order chi connectivity index (χ1) is 13.2. The summed E-state index contributed by atoms with van der Waals surface area (Å²) < 4.78 is 25.8. The maximum atomic E-state index is 12.5. The number of nitrogens with one attached hydrogen (secondary N) is 2. The predicted octanol–water partition coefficient (Wildman–Crippen LogP) is 2.99. The predicted molar refractivity (Wildman–Crippen MR) is 111 cm³/mol. The number of fused-ring (bicyclic) bond motifs is 1. The molecular weight excluding hydrogens is 398 g/mol. The topological polar surface area (TPSA) is 105 Å². The van der Waals surface area contributed by atoms with E-state index < -0.39 is 32.7 Å². The monoisotopic (exact) mass is 417 g/mol. The van der Waals surface area contributed by atoms with Gasteiger partial charge in [0.15, 0.2) is 15.0 Å². The minimum absolute atomic E-state index is 0.317. The van der Waals surface area contributed by atoms with Crippen LogP contribution in [0.15, 0.2) is 48.5 Å². The van der Waals surface area contributed by atoms with Crippen LogP contribution in [0, 0.1) is 6.92 Å². The molecule has 0 aliphatic heterocycles. The van der Waals surface area contributed by atoms with E-state index in [2.05, 4.69) is 15.6 Å². The fourth-order valence-corrected chi connectivity index (χ4v) is 4.46. The molecule has 1 atom stereocenters. The molecule has 0 aliphatic rings. The molecule has 3 rings (SSSR count). The molecule has 2 aromatic carbocycles. The Bertz CT molecular complexity index is 1110. The molecular formula is C19H19N3O4S2. The third-order valence-electron chi connectivity index (χ3n) is 4.07. The molecule has 0 saturated heterocycles. The van der Waals surface area contributed by atoms with E-state index in [0.29, 0.717) is 10.8 Å². The highest BCUT2D eigenvalue weighted by Gasteiger charge is 2.31. The molecule has 1 heterocycles. The summed E-state index contributed by atoms with van der Waals surface area (Å²) in [6.07, 6.45) is 0. The van der Waals surface area contributed by atoms with Gasteiger partial charge in [0, 0.05) is 5.69 Å². The Balaban J connectivity index is 1.64. The average Bonchev–Trinajstić information content (AvgIpc) is 3.02. The zero-order chi connectivity index (χ0) is 20.3. The second-order valence-corrected chi connectivity index (χ2v) is 9.70. The van der Waals surface area contributed by atoms with Crippen molar-refractivity contribution in [3.63, 3.8) is 0 Å². The highest BCUT2D eigenvalue weighted by molar-refractivity contribution is 7.93. The molecule has 28 heavy (non-hydrogen) atoms. The molecule has 2 N–H and O–H groups in total. The Hall–Kier alpha value is -2.78. The number of para-hydroxylation sites is 1. The van der Waals surface area contributed by atoms with Crippen molar-refractivity contribution in [3.05, 3.63) is 54.1 Å². The van der Waals surface area contributed by atoms with Crippen molar-refractivity contribution in [1.29, 1.82) is 0 Å². The van der Waals surface area contributed by atoms with Crippen LogP contribution in [-0.4, -0.2) is 36.2 Å². The minimum atomic E-state index is -3.99. The van der Waals surface area contributed by atoms with Crippen molar-refractivity contribution in [3.8, 4) is 0 Å². The fraction of sp³-hybridized carbons (Fsp3) is 0.211. The molecule has 9 heteroatoms. The smallest absolute Gasteiger partial charge is 0.244 e. The maximum absolute atomic E-state index is 12.5. The molecule has 146 valence electrons. The standard InChI is InChI=1S/C19H19N3O4S2/c1-12-6-5-7-14(10-12)20-17(23)11-28(25,26)13(2)18(24)22-19-21-15-8-3-4-9-16(15)27-19/h3-10,13H,11H2,1-2H3,(H,20,23)(H,21,22,24). The van der Waals surface area contributed by atoms with E-state index in [1.165, 1.54) is 18.3 Å². The quantitative estimate of drug-likeness (QED) is 0.641. The van der Waals surface area contributed by atoms with Gasteiger partial charge in [-0.15, -0.1) is 0 Å². The highest BCUT2D eigenvalue weighted by Crippen LogP contribution is 2.25. The lowest BCUT2D eigenvalue weighted by molar-refractivity contribution is -0.115. The third-order valence-corrected chi connectivity index (χ3v) is 6.97. The van der Waals surface area contributed by atoms with Gasteiger partial charge in [-0.3, -0.25) is 9.59 Å². The van der Waals surface area contributed by atoms with Gasteiger partial charge in [0.25, 0.3) is 0 Å². The molecule has 2 amide bonds. The summed E-state index contributed by atoms with van der Waals surface area (Å²) in [4.78, 5) is 28.7. The summed E-state index contributed by atoms with van der Waals surface area (Å²) in [7, 11) is -3.99. The average molecular weight is 418 g/mol. The lowest BCUT2D eigenvalue weighted by atomic mass is 10.2. The summed E-state index contributed by atoms with van der Waals surface area (Å²) >= 11 is 1.25. The number of aromatic nitrogens is 1. The number of aryl methyl sites for hydroxylation is 1. The third kappa shape index (κ3) is 4.73. The van der Waals surface area contributed by atoms with Gasteiger partial charge in [-0.2, -0.15) is 0 Å². The number of nitrogens with zero attached hydrogens (tertiary/aromatic N) is 1. The number of hydrogen-bond acceptors (Lipinski definition) is 6.